The lowest BCUT2D eigenvalue weighted by molar-refractivity contribution is 0.176. The Morgan fingerprint density at radius 1 is 1.22 bits per heavy atom. The van der Waals surface area contributed by atoms with Crippen LogP contribution in [0.5, 0.6) is 0 Å². The van der Waals surface area contributed by atoms with Gasteiger partial charge in [-0.05, 0) is 48.7 Å². The van der Waals surface area contributed by atoms with Gasteiger partial charge in [-0.15, -0.1) is 0 Å². The molecule has 0 bridgehead atoms. The van der Waals surface area contributed by atoms with E-state index in [0.717, 1.165) is 22.4 Å². The number of hydrogen-bond acceptors (Lipinski definition) is 2. The first-order valence-electron chi connectivity index (χ1n) is 5.92. The van der Waals surface area contributed by atoms with E-state index in [9.17, 15) is 9.50 Å². The van der Waals surface area contributed by atoms with E-state index < -0.39 is 6.10 Å². The second-order valence-corrected chi connectivity index (χ2v) is 4.49. The molecule has 0 fully saturated rings. The zero-order valence-corrected chi connectivity index (χ0v) is 10.5. The van der Waals surface area contributed by atoms with Gasteiger partial charge in [-0.2, -0.15) is 0 Å². The van der Waals surface area contributed by atoms with Crippen molar-refractivity contribution < 1.29 is 9.50 Å². The molecule has 18 heavy (non-hydrogen) atoms. The molecule has 1 N–H and O–H groups in total. The molecule has 0 spiro atoms. The fraction of sp³-hybridized carbons (Fsp3) is 0.267. The number of aryl methyl sites for hydroxylation is 2. The average Bonchev–Trinajstić information content (AvgIpc) is 2.32. The largest absolute Gasteiger partial charge is 0.388 e. The smallest absolute Gasteiger partial charge is 0.123 e. The molecule has 3 heteroatoms. The fourth-order valence-electron chi connectivity index (χ4n) is 2.04. The third-order valence-electron chi connectivity index (χ3n) is 3.10. The van der Waals surface area contributed by atoms with E-state index in [1.807, 2.05) is 19.1 Å². The van der Waals surface area contributed by atoms with Crippen LogP contribution in [0.15, 0.2) is 36.5 Å². The normalized spacial score (nSPS) is 12.4. The van der Waals surface area contributed by atoms with Crippen molar-refractivity contribution in [3.05, 3.63) is 64.7 Å². The maximum Gasteiger partial charge on any atom is 0.123 e. The van der Waals surface area contributed by atoms with Gasteiger partial charge in [0.2, 0.25) is 0 Å². The Balaban J connectivity index is 2.22. The Kier molecular flexibility index (Phi) is 3.72. The first kappa shape index (κ1) is 12.7. The molecule has 0 aliphatic heterocycles. The van der Waals surface area contributed by atoms with Gasteiger partial charge >= 0.3 is 0 Å². The van der Waals surface area contributed by atoms with E-state index in [-0.39, 0.29) is 5.82 Å². The van der Waals surface area contributed by atoms with Gasteiger partial charge in [-0.1, -0.05) is 12.1 Å². The van der Waals surface area contributed by atoms with Crippen LogP contribution in [0.2, 0.25) is 0 Å². The summed E-state index contributed by atoms with van der Waals surface area (Å²) in [6.07, 6.45) is 1.50. The third kappa shape index (κ3) is 2.74. The van der Waals surface area contributed by atoms with E-state index in [1.165, 1.54) is 12.1 Å². The zero-order chi connectivity index (χ0) is 13.1. The zero-order valence-electron chi connectivity index (χ0n) is 10.5. The minimum atomic E-state index is -0.654. The molecule has 1 atom stereocenters. The summed E-state index contributed by atoms with van der Waals surface area (Å²) >= 11 is 0. The number of rotatable bonds is 3. The highest BCUT2D eigenvalue weighted by atomic mass is 19.1. The van der Waals surface area contributed by atoms with Crippen molar-refractivity contribution in [2.24, 2.45) is 0 Å². The molecule has 94 valence electrons. The number of pyridine rings is 1. The van der Waals surface area contributed by atoms with E-state index in [0.29, 0.717) is 6.42 Å². The summed E-state index contributed by atoms with van der Waals surface area (Å²) in [5, 5.41) is 10.2. The highest BCUT2D eigenvalue weighted by Crippen LogP contribution is 2.22. The van der Waals surface area contributed by atoms with E-state index >= 15 is 0 Å². The summed E-state index contributed by atoms with van der Waals surface area (Å²) in [6.45, 7) is 3.76. The van der Waals surface area contributed by atoms with Gasteiger partial charge in [0.1, 0.15) is 5.82 Å². The Morgan fingerprint density at radius 2 is 2.00 bits per heavy atom. The Bertz CT molecular complexity index is 554. The van der Waals surface area contributed by atoms with Crippen LogP contribution in [0.25, 0.3) is 0 Å². The number of aliphatic hydroxyl groups excluding tert-OH is 1. The third-order valence-corrected chi connectivity index (χ3v) is 3.10. The first-order valence-corrected chi connectivity index (χ1v) is 5.92. The van der Waals surface area contributed by atoms with Crippen LogP contribution in [0, 0.1) is 19.7 Å². The second-order valence-electron chi connectivity index (χ2n) is 4.49. The summed E-state index contributed by atoms with van der Waals surface area (Å²) in [6, 6.07) is 8.27. The standard InChI is InChI=1S/C15H16FNO/c1-10-4-3-7-17-14(10)9-15(18)13-6-5-12(16)8-11(13)2/h3-8,15,18H,9H2,1-2H3. The van der Waals surface area contributed by atoms with Gasteiger partial charge in [0.05, 0.1) is 6.10 Å². The van der Waals surface area contributed by atoms with Crippen molar-refractivity contribution in [2.45, 2.75) is 26.4 Å². The number of halogens is 1. The Morgan fingerprint density at radius 3 is 2.67 bits per heavy atom. The van der Waals surface area contributed by atoms with Crippen molar-refractivity contribution in [1.29, 1.82) is 0 Å². The average molecular weight is 245 g/mol. The number of nitrogens with zero attached hydrogens (tertiary/aromatic N) is 1. The van der Waals surface area contributed by atoms with E-state index in [1.54, 1.807) is 19.2 Å². The molecule has 2 nitrogen and oxygen atoms in total. The van der Waals surface area contributed by atoms with Crippen LogP contribution in [0.4, 0.5) is 4.39 Å². The molecule has 2 aromatic rings. The quantitative estimate of drug-likeness (QED) is 0.901. The second kappa shape index (κ2) is 5.27. The summed E-state index contributed by atoms with van der Waals surface area (Å²) in [5.41, 5.74) is 3.43. The van der Waals surface area contributed by atoms with Gasteiger partial charge in [-0.25, -0.2) is 4.39 Å². The van der Waals surface area contributed by atoms with E-state index in [2.05, 4.69) is 4.98 Å². The van der Waals surface area contributed by atoms with Crippen molar-refractivity contribution >= 4 is 0 Å². The summed E-state index contributed by atoms with van der Waals surface area (Å²) in [4.78, 5) is 4.26. The summed E-state index contributed by atoms with van der Waals surface area (Å²) in [7, 11) is 0. The van der Waals surface area contributed by atoms with Crippen LogP contribution in [-0.4, -0.2) is 10.1 Å². The molecular weight excluding hydrogens is 229 g/mol. The fourth-order valence-corrected chi connectivity index (χ4v) is 2.04. The lowest BCUT2D eigenvalue weighted by atomic mass is 9.98. The van der Waals surface area contributed by atoms with Crippen LogP contribution >= 0.6 is 0 Å². The van der Waals surface area contributed by atoms with E-state index in [4.69, 9.17) is 0 Å². The molecule has 0 saturated carbocycles. The van der Waals surface area contributed by atoms with Crippen molar-refractivity contribution in [2.75, 3.05) is 0 Å². The topological polar surface area (TPSA) is 33.1 Å². The van der Waals surface area contributed by atoms with Gasteiger partial charge in [0.15, 0.2) is 0 Å². The molecule has 0 saturated heterocycles. The maximum atomic E-state index is 13.0. The predicted molar refractivity (Wildman–Crippen MR) is 68.8 cm³/mol. The summed E-state index contributed by atoms with van der Waals surface area (Å²) in [5.74, 6) is -0.280. The first-order chi connectivity index (χ1) is 8.58. The van der Waals surface area contributed by atoms with Gasteiger partial charge in [-0.3, -0.25) is 4.98 Å². The molecular formula is C15H16FNO. The van der Waals surface area contributed by atoms with Crippen molar-refractivity contribution in [3.63, 3.8) is 0 Å². The molecule has 0 aliphatic rings. The number of aromatic nitrogens is 1. The van der Waals surface area contributed by atoms with Crippen LogP contribution in [0.1, 0.15) is 28.5 Å². The number of benzene rings is 1. The molecule has 0 radical (unpaired) electrons. The Labute approximate surface area is 106 Å². The molecule has 1 heterocycles. The highest BCUT2D eigenvalue weighted by molar-refractivity contribution is 5.30. The molecule has 2 rings (SSSR count). The molecule has 1 unspecified atom stereocenters. The van der Waals surface area contributed by atoms with Crippen LogP contribution in [-0.2, 0) is 6.42 Å². The monoisotopic (exact) mass is 245 g/mol. The van der Waals surface area contributed by atoms with Crippen molar-refractivity contribution in [1.82, 2.24) is 4.98 Å². The minimum absolute atomic E-state index is 0.280. The van der Waals surface area contributed by atoms with Crippen molar-refractivity contribution in [3.8, 4) is 0 Å². The predicted octanol–water partition coefficient (Wildman–Crippen LogP) is 3.11. The van der Waals surface area contributed by atoms with Gasteiger partial charge < -0.3 is 5.11 Å². The van der Waals surface area contributed by atoms with Gasteiger partial charge in [0, 0.05) is 18.3 Å². The van der Waals surface area contributed by atoms with Crippen LogP contribution < -0.4 is 0 Å². The molecule has 0 aliphatic carbocycles. The molecule has 1 aromatic carbocycles. The highest BCUT2D eigenvalue weighted by Gasteiger charge is 2.13. The van der Waals surface area contributed by atoms with Gasteiger partial charge in [0.25, 0.3) is 0 Å². The number of hydrogen-bond donors (Lipinski definition) is 1. The summed E-state index contributed by atoms with van der Waals surface area (Å²) < 4.78 is 13.0. The Hall–Kier alpha value is -1.74. The molecule has 0 amide bonds. The molecule has 1 aromatic heterocycles. The minimum Gasteiger partial charge on any atom is -0.388 e. The maximum absolute atomic E-state index is 13.0. The van der Waals surface area contributed by atoms with Crippen LogP contribution in [0.3, 0.4) is 0 Å². The SMILES string of the molecule is Cc1cc(F)ccc1C(O)Cc1ncccc1C. The lowest BCUT2D eigenvalue weighted by Crippen LogP contribution is -2.06. The lowest BCUT2D eigenvalue weighted by Gasteiger charge is -2.14. The number of aliphatic hydroxyl groups is 1.